The van der Waals surface area contributed by atoms with E-state index in [9.17, 15) is 4.79 Å². The highest BCUT2D eigenvalue weighted by Crippen LogP contribution is 2.25. The maximum absolute atomic E-state index is 12.3. The molecule has 122 valence electrons. The summed E-state index contributed by atoms with van der Waals surface area (Å²) in [7, 11) is 3.55. The number of fused-ring (bicyclic) bond motifs is 1. The van der Waals surface area contributed by atoms with Crippen molar-refractivity contribution in [2.75, 3.05) is 26.5 Å². The van der Waals surface area contributed by atoms with Gasteiger partial charge in [-0.2, -0.15) is 0 Å². The molecule has 2 aromatic rings. The number of imidazole rings is 1. The molecule has 0 bridgehead atoms. The highest BCUT2D eigenvalue weighted by Gasteiger charge is 2.17. The van der Waals surface area contributed by atoms with Gasteiger partial charge in [-0.1, -0.05) is 31.7 Å². The number of rotatable bonds is 4. The van der Waals surface area contributed by atoms with Gasteiger partial charge in [-0.25, -0.2) is 9.36 Å². The number of hydrogen-bond donors (Lipinski definition) is 2. The van der Waals surface area contributed by atoms with Crippen LogP contribution in [-0.2, 0) is 7.05 Å². The van der Waals surface area contributed by atoms with E-state index >= 15 is 0 Å². The van der Waals surface area contributed by atoms with Crippen molar-refractivity contribution in [1.82, 2.24) is 14.5 Å². The van der Waals surface area contributed by atoms with Crippen LogP contribution in [0, 0.1) is 5.41 Å². The molecule has 2 rings (SSSR count). The molecule has 0 fully saturated rings. The molecule has 7 heteroatoms. The van der Waals surface area contributed by atoms with Crippen molar-refractivity contribution >= 4 is 28.0 Å². The van der Waals surface area contributed by atoms with Crippen LogP contribution in [0.4, 0.5) is 0 Å². The Kier molecular flexibility index (Phi) is 7.20. The number of hydrogen-bond acceptors (Lipinski definition) is 5. The Bertz CT molecular complexity index is 691. The molecule has 0 aliphatic carbocycles. The predicted octanol–water partition coefficient (Wildman–Crippen LogP) is 2.11. The van der Waals surface area contributed by atoms with Crippen LogP contribution in [0.5, 0.6) is 5.75 Å². The fraction of sp³-hybridized carbons (Fsp3) is 0.467. The zero-order valence-corrected chi connectivity index (χ0v) is 14.6. The van der Waals surface area contributed by atoms with Gasteiger partial charge in [0.05, 0.1) is 5.52 Å². The topological polar surface area (TPSA) is 72.0 Å². The first kappa shape index (κ1) is 18.3. The number of nitrogens with zero attached hydrogens (tertiary/aromatic N) is 2. The maximum Gasteiger partial charge on any atom is 0.335 e. The van der Waals surface area contributed by atoms with Crippen molar-refractivity contribution in [3.05, 3.63) is 28.7 Å². The van der Waals surface area contributed by atoms with E-state index in [-0.39, 0.29) is 10.9 Å². The van der Waals surface area contributed by atoms with Gasteiger partial charge in [-0.05, 0) is 25.4 Å². The van der Waals surface area contributed by atoms with Gasteiger partial charge in [0.25, 0.3) is 0 Å². The first-order valence-corrected chi connectivity index (χ1v) is 8.45. The standard InChI is InChI=1S/C13H18N4O2S.C2H6/c1-15-7-8-19-10-6-4-5-9-11(10)16(2)13(18)17(9)12(14)20-3;1-2/h4-6,14-15H,7-8H2,1-3H3;1-2H3. The van der Waals surface area contributed by atoms with Crippen LogP contribution in [0.1, 0.15) is 13.8 Å². The first-order valence-electron chi connectivity index (χ1n) is 7.22. The van der Waals surface area contributed by atoms with Crippen LogP contribution in [0.2, 0.25) is 0 Å². The summed E-state index contributed by atoms with van der Waals surface area (Å²) in [6.07, 6.45) is 1.78. The number of para-hydroxylation sites is 1. The second-order valence-electron chi connectivity index (χ2n) is 4.26. The van der Waals surface area contributed by atoms with Crippen molar-refractivity contribution in [3.63, 3.8) is 0 Å². The Morgan fingerprint density at radius 3 is 2.68 bits per heavy atom. The molecule has 1 aromatic heterocycles. The lowest BCUT2D eigenvalue weighted by Gasteiger charge is -2.08. The van der Waals surface area contributed by atoms with E-state index in [1.807, 2.05) is 39.1 Å². The Morgan fingerprint density at radius 1 is 1.41 bits per heavy atom. The van der Waals surface area contributed by atoms with Gasteiger partial charge in [0.15, 0.2) is 5.17 Å². The van der Waals surface area contributed by atoms with Crippen molar-refractivity contribution in [3.8, 4) is 5.75 Å². The molecule has 0 amide bonds. The van der Waals surface area contributed by atoms with Crippen molar-refractivity contribution in [2.24, 2.45) is 7.05 Å². The average molecular weight is 324 g/mol. The molecule has 1 aromatic carbocycles. The van der Waals surface area contributed by atoms with E-state index < -0.39 is 0 Å². The van der Waals surface area contributed by atoms with E-state index in [0.717, 1.165) is 6.54 Å². The smallest absolute Gasteiger partial charge is 0.335 e. The van der Waals surface area contributed by atoms with Gasteiger partial charge in [-0.15, -0.1) is 0 Å². The molecular formula is C15H24N4O2S. The number of thioether (sulfide) groups is 1. The van der Waals surface area contributed by atoms with Crippen LogP contribution < -0.4 is 15.7 Å². The molecule has 2 N–H and O–H groups in total. The largest absolute Gasteiger partial charge is 0.490 e. The van der Waals surface area contributed by atoms with Gasteiger partial charge in [0.2, 0.25) is 0 Å². The van der Waals surface area contributed by atoms with E-state index in [4.69, 9.17) is 10.1 Å². The number of nitrogens with one attached hydrogen (secondary N) is 2. The first-order chi connectivity index (χ1) is 10.6. The van der Waals surface area contributed by atoms with E-state index in [1.165, 1.54) is 20.9 Å². The van der Waals surface area contributed by atoms with Gasteiger partial charge >= 0.3 is 5.69 Å². The summed E-state index contributed by atoms with van der Waals surface area (Å²) in [4.78, 5) is 12.3. The van der Waals surface area contributed by atoms with Gasteiger partial charge < -0.3 is 10.1 Å². The van der Waals surface area contributed by atoms with E-state index in [0.29, 0.717) is 23.4 Å². The summed E-state index contributed by atoms with van der Waals surface area (Å²) < 4.78 is 8.63. The van der Waals surface area contributed by atoms with Crippen LogP contribution in [0.3, 0.4) is 0 Å². The normalized spacial score (nSPS) is 10.2. The highest BCUT2D eigenvalue weighted by molar-refractivity contribution is 8.13. The zero-order valence-electron chi connectivity index (χ0n) is 13.8. The van der Waals surface area contributed by atoms with Crippen LogP contribution >= 0.6 is 11.8 Å². The Morgan fingerprint density at radius 2 is 2.09 bits per heavy atom. The SMILES string of the molecule is CC.CNCCOc1cccc2c1n(C)c(=O)n2C(=N)SC. The lowest BCUT2D eigenvalue weighted by Crippen LogP contribution is -2.25. The molecule has 6 nitrogen and oxygen atoms in total. The Balaban J connectivity index is 0.00000116. The Hall–Kier alpha value is -1.73. The maximum atomic E-state index is 12.3. The number of likely N-dealkylation sites (N-methyl/N-ethyl adjacent to an activating group) is 1. The fourth-order valence-electron chi connectivity index (χ4n) is 2.04. The van der Waals surface area contributed by atoms with Crippen molar-refractivity contribution in [2.45, 2.75) is 13.8 Å². The molecule has 0 unspecified atom stereocenters. The lowest BCUT2D eigenvalue weighted by molar-refractivity contribution is 0.321. The average Bonchev–Trinajstić information content (AvgIpc) is 2.81. The zero-order chi connectivity index (χ0) is 16.7. The second-order valence-corrected chi connectivity index (χ2v) is 5.06. The molecule has 0 aliphatic rings. The minimum absolute atomic E-state index is 0.202. The molecular weight excluding hydrogens is 300 g/mol. The second kappa shape index (κ2) is 8.65. The van der Waals surface area contributed by atoms with Gasteiger partial charge in [-0.3, -0.25) is 9.98 Å². The Labute approximate surface area is 135 Å². The number of aryl methyl sites for hydroxylation is 1. The molecule has 0 saturated heterocycles. The van der Waals surface area contributed by atoms with Crippen LogP contribution in [0.15, 0.2) is 23.0 Å². The quantitative estimate of drug-likeness (QED) is 0.513. The third-order valence-electron chi connectivity index (χ3n) is 3.04. The monoisotopic (exact) mass is 324 g/mol. The molecule has 0 aliphatic heterocycles. The van der Waals surface area contributed by atoms with E-state index in [2.05, 4.69) is 5.32 Å². The minimum Gasteiger partial charge on any atom is -0.490 e. The summed E-state index contributed by atoms with van der Waals surface area (Å²) in [5, 5.41) is 11.1. The third kappa shape index (κ3) is 3.53. The summed E-state index contributed by atoms with van der Waals surface area (Å²) in [5.41, 5.74) is 1.18. The van der Waals surface area contributed by atoms with Gasteiger partial charge in [0.1, 0.15) is 17.9 Å². The summed E-state index contributed by atoms with van der Waals surface area (Å²) >= 11 is 1.23. The fourth-order valence-corrected chi connectivity index (χ4v) is 2.40. The molecule has 0 radical (unpaired) electrons. The summed E-state index contributed by atoms with van der Waals surface area (Å²) in [6, 6.07) is 5.50. The number of ether oxygens (including phenoxy) is 1. The summed E-state index contributed by atoms with van der Waals surface area (Å²) in [6.45, 7) is 5.25. The molecule has 1 heterocycles. The number of benzene rings is 1. The summed E-state index contributed by atoms with van der Waals surface area (Å²) in [5.74, 6) is 0.657. The molecule has 0 saturated carbocycles. The predicted molar refractivity (Wildman–Crippen MR) is 94.6 cm³/mol. The van der Waals surface area contributed by atoms with E-state index in [1.54, 1.807) is 13.3 Å². The van der Waals surface area contributed by atoms with Crippen molar-refractivity contribution < 1.29 is 4.74 Å². The highest BCUT2D eigenvalue weighted by atomic mass is 32.2. The van der Waals surface area contributed by atoms with Gasteiger partial charge in [0, 0.05) is 13.6 Å². The third-order valence-corrected chi connectivity index (χ3v) is 3.61. The lowest BCUT2D eigenvalue weighted by atomic mass is 10.3. The van der Waals surface area contributed by atoms with Crippen LogP contribution in [0.25, 0.3) is 11.0 Å². The molecule has 0 spiro atoms. The number of aromatic nitrogens is 2. The molecule has 22 heavy (non-hydrogen) atoms. The molecule has 0 atom stereocenters. The van der Waals surface area contributed by atoms with Crippen LogP contribution in [-0.4, -0.2) is 40.8 Å². The van der Waals surface area contributed by atoms with Crippen molar-refractivity contribution in [1.29, 1.82) is 5.41 Å². The minimum atomic E-state index is -0.232.